The first-order valence-corrected chi connectivity index (χ1v) is 5.01. The first kappa shape index (κ1) is 13.3. The molecule has 0 aliphatic carbocycles. The number of phenols is 1. The van der Waals surface area contributed by atoms with Gasteiger partial charge in [-0.1, -0.05) is 6.07 Å². The van der Waals surface area contributed by atoms with Crippen LogP contribution in [0.15, 0.2) is 16.6 Å². The SMILES string of the molecule is N[C@H](c1ccc(F)c(Br)c1O)C(F)(F)CO. The van der Waals surface area contributed by atoms with Gasteiger partial charge in [0.1, 0.15) is 24.2 Å². The van der Waals surface area contributed by atoms with Crippen LogP contribution in [0.2, 0.25) is 0 Å². The van der Waals surface area contributed by atoms with Crippen molar-refractivity contribution in [2.45, 2.75) is 12.0 Å². The normalized spacial score (nSPS) is 13.9. The van der Waals surface area contributed by atoms with Crippen LogP contribution in [-0.4, -0.2) is 22.7 Å². The van der Waals surface area contributed by atoms with Crippen LogP contribution in [-0.2, 0) is 0 Å². The average molecular weight is 300 g/mol. The predicted octanol–water partition coefficient (Wildman–Crippen LogP) is 1.92. The summed E-state index contributed by atoms with van der Waals surface area (Å²) < 4.78 is 38.7. The summed E-state index contributed by atoms with van der Waals surface area (Å²) in [5.41, 5.74) is 4.85. The molecular weight excluding hydrogens is 291 g/mol. The van der Waals surface area contributed by atoms with Gasteiger partial charge in [0.25, 0.3) is 5.92 Å². The Morgan fingerprint density at radius 2 is 2.00 bits per heavy atom. The Bertz CT molecular complexity index is 401. The Morgan fingerprint density at radius 1 is 1.44 bits per heavy atom. The number of hydrogen-bond donors (Lipinski definition) is 3. The van der Waals surface area contributed by atoms with E-state index in [1.165, 1.54) is 0 Å². The first-order chi connectivity index (χ1) is 7.31. The van der Waals surface area contributed by atoms with Gasteiger partial charge >= 0.3 is 0 Å². The molecular formula is C9H9BrF3NO2. The van der Waals surface area contributed by atoms with Gasteiger partial charge < -0.3 is 15.9 Å². The number of alkyl halides is 2. The molecule has 1 aromatic rings. The molecule has 0 unspecified atom stereocenters. The maximum Gasteiger partial charge on any atom is 0.289 e. The summed E-state index contributed by atoms with van der Waals surface area (Å²) in [6.07, 6.45) is 0. The Morgan fingerprint density at radius 3 is 2.50 bits per heavy atom. The molecule has 0 amide bonds. The van der Waals surface area contributed by atoms with E-state index < -0.39 is 30.1 Å². The van der Waals surface area contributed by atoms with E-state index in [2.05, 4.69) is 15.9 Å². The number of rotatable bonds is 3. The fraction of sp³-hybridized carbons (Fsp3) is 0.333. The number of aliphatic hydroxyl groups excluding tert-OH is 1. The van der Waals surface area contributed by atoms with Crippen molar-refractivity contribution < 1.29 is 23.4 Å². The van der Waals surface area contributed by atoms with Gasteiger partial charge in [-0.3, -0.25) is 0 Å². The second kappa shape index (κ2) is 4.60. The van der Waals surface area contributed by atoms with E-state index >= 15 is 0 Å². The highest BCUT2D eigenvalue weighted by atomic mass is 79.9. The van der Waals surface area contributed by atoms with E-state index in [1.807, 2.05) is 0 Å². The van der Waals surface area contributed by atoms with Gasteiger partial charge in [-0.15, -0.1) is 0 Å². The Labute approximate surface area is 97.8 Å². The van der Waals surface area contributed by atoms with Crippen molar-refractivity contribution in [3.05, 3.63) is 28.0 Å². The molecule has 0 radical (unpaired) electrons. The summed E-state index contributed by atoms with van der Waals surface area (Å²) in [7, 11) is 0. The maximum atomic E-state index is 13.0. The third-order valence-corrected chi connectivity index (χ3v) is 2.86. The predicted molar refractivity (Wildman–Crippen MR) is 54.7 cm³/mol. The topological polar surface area (TPSA) is 66.5 Å². The molecule has 3 nitrogen and oxygen atoms in total. The molecule has 0 saturated carbocycles. The maximum absolute atomic E-state index is 13.0. The Hall–Kier alpha value is -0.790. The molecule has 0 fully saturated rings. The molecule has 1 atom stereocenters. The molecule has 16 heavy (non-hydrogen) atoms. The molecule has 7 heteroatoms. The smallest absolute Gasteiger partial charge is 0.289 e. The standard InChI is InChI=1S/C9H9BrF3NO2/c10-6-5(11)2-1-4(7(6)16)8(14)9(12,13)3-15/h1-2,8,15-16H,3,14H2/t8-/m1/s1. The van der Waals surface area contributed by atoms with Crippen LogP contribution >= 0.6 is 15.9 Å². The van der Waals surface area contributed by atoms with E-state index in [0.29, 0.717) is 0 Å². The van der Waals surface area contributed by atoms with E-state index in [0.717, 1.165) is 12.1 Å². The fourth-order valence-corrected chi connectivity index (χ4v) is 1.49. The molecule has 90 valence electrons. The molecule has 0 spiro atoms. The molecule has 0 aliphatic rings. The molecule has 0 heterocycles. The lowest BCUT2D eigenvalue weighted by atomic mass is 10.0. The number of nitrogens with two attached hydrogens (primary N) is 1. The van der Waals surface area contributed by atoms with Crippen LogP contribution < -0.4 is 5.73 Å². The zero-order chi connectivity index (χ0) is 12.5. The monoisotopic (exact) mass is 299 g/mol. The summed E-state index contributed by atoms with van der Waals surface area (Å²) >= 11 is 2.70. The minimum absolute atomic E-state index is 0.339. The molecule has 0 bridgehead atoms. The zero-order valence-corrected chi connectivity index (χ0v) is 9.51. The van der Waals surface area contributed by atoms with Gasteiger partial charge in [0.15, 0.2) is 0 Å². The van der Waals surface area contributed by atoms with Gasteiger partial charge in [0.05, 0.1) is 4.47 Å². The summed E-state index contributed by atoms with van der Waals surface area (Å²) in [5, 5.41) is 17.9. The molecule has 1 rings (SSSR count). The largest absolute Gasteiger partial charge is 0.506 e. The zero-order valence-electron chi connectivity index (χ0n) is 7.92. The summed E-state index contributed by atoms with van der Waals surface area (Å²) in [6.45, 7) is -1.46. The number of halogens is 4. The Balaban J connectivity index is 3.20. The van der Waals surface area contributed by atoms with Crippen molar-refractivity contribution in [2.24, 2.45) is 5.73 Å². The molecule has 0 aliphatic heterocycles. The first-order valence-electron chi connectivity index (χ1n) is 4.22. The van der Waals surface area contributed by atoms with Crippen LogP contribution in [0.4, 0.5) is 13.2 Å². The number of phenolic OH excluding ortho intramolecular Hbond substituents is 1. The lowest BCUT2D eigenvalue weighted by molar-refractivity contribution is -0.0716. The van der Waals surface area contributed by atoms with Crippen LogP contribution in [0.25, 0.3) is 0 Å². The third-order valence-electron chi connectivity index (χ3n) is 2.10. The molecule has 0 saturated heterocycles. The van der Waals surface area contributed by atoms with Gasteiger partial charge in [-0.2, -0.15) is 0 Å². The molecule has 0 aromatic heterocycles. The lowest BCUT2D eigenvalue weighted by Gasteiger charge is -2.22. The van der Waals surface area contributed by atoms with Crippen molar-refractivity contribution in [1.29, 1.82) is 0 Å². The van der Waals surface area contributed by atoms with Crippen molar-refractivity contribution in [2.75, 3.05) is 6.61 Å². The molecule has 4 N–H and O–H groups in total. The highest BCUT2D eigenvalue weighted by Gasteiger charge is 2.39. The number of aliphatic hydroxyl groups is 1. The van der Waals surface area contributed by atoms with E-state index in [1.54, 1.807) is 0 Å². The number of benzene rings is 1. The van der Waals surface area contributed by atoms with E-state index in [-0.39, 0.29) is 10.0 Å². The minimum Gasteiger partial charge on any atom is -0.506 e. The Kier molecular flexibility index (Phi) is 3.82. The van der Waals surface area contributed by atoms with E-state index in [4.69, 9.17) is 10.8 Å². The van der Waals surface area contributed by atoms with E-state index in [9.17, 15) is 18.3 Å². The van der Waals surface area contributed by atoms with Crippen LogP contribution in [0.3, 0.4) is 0 Å². The summed E-state index contributed by atoms with van der Waals surface area (Å²) in [6, 6.07) is -0.0646. The highest BCUT2D eigenvalue weighted by Crippen LogP contribution is 2.38. The second-order valence-electron chi connectivity index (χ2n) is 3.20. The summed E-state index contributed by atoms with van der Waals surface area (Å²) in [4.78, 5) is 0. The third kappa shape index (κ3) is 2.31. The van der Waals surface area contributed by atoms with Gasteiger partial charge in [-0.05, 0) is 22.0 Å². The van der Waals surface area contributed by atoms with Crippen molar-refractivity contribution in [3.8, 4) is 5.75 Å². The fourth-order valence-electron chi connectivity index (χ4n) is 1.13. The van der Waals surface area contributed by atoms with Gasteiger partial charge in [0, 0.05) is 5.56 Å². The van der Waals surface area contributed by atoms with Crippen LogP contribution in [0.5, 0.6) is 5.75 Å². The second-order valence-corrected chi connectivity index (χ2v) is 3.99. The van der Waals surface area contributed by atoms with Gasteiger partial charge in [0.2, 0.25) is 0 Å². The van der Waals surface area contributed by atoms with Crippen molar-refractivity contribution in [1.82, 2.24) is 0 Å². The quantitative estimate of drug-likeness (QED) is 0.799. The molecule has 1 aromatic carbocycles. The average Bonchev–Trinajstić information content (AvgIpc) is 2.25. The van der Waals surface area contributed by atoms with Crippen molar-refractivity contribution >= 4 is 15.9 Å². The van der Waals surface area contributed by atoms with Gasteiger partial charge in [-0.25, -0.2) is 13.2 Å². The number of aromatic hydroxyl groups is 1. The highest BCUT2D eigenvalue weighted by molar-refractivity contribution is 9.10. The summed E-state index contributed by atoms with van der Waals surface area (Å²) in [5.74, 6) is -5.07. The van der Waals surface area contributed by atoms with Crippen molar-refractivity contribution in [3.63, 3.8) is 0 Å². The number of hydrogen-bond acceptors (Lipinski definition) is 3. The lowest BCUT2D eigenvalue weighted by Crippen LogP contribution is -2.36. The van der Waals surface area contributed by atoms with Crippen LogP contribution in [0.1, 0.15) is 11.6 Å². The minimum atomic E-state index is -3.59. The van der Waals surface area contributed by atoms with Crippen LogP contribution in [0, 0.1) is 5.82 Å².